The van der Waals surface area contributed by atoms with Crippen molar-refractivity contribution < 1.29 is 0 Å². The Labute approximate surface area is 113 Å². The fraction of sp³-hybridized carbons (Fsp3) is 0.400. The maximum absolute atomic E-state index is 5.83. The topological polar surface area (TPSA) is 55.9 Å². The van der Waals surface area contributed by atoms with Crippen molar-refractivity contribution in [3.05, 3.63) is 53.3 Å². The van der Waals surface area contributed by atoms with E-state index >= 15 is 0 Å². The SMILES string of the molecule is CCn1nccc1C(NN)C1CCc2ccccc21. The Morgan fingerprint density at radius 2 is 2.26 bits per heavy atom. The van der Waals surface area contributed by atoms with Crippen LogP contribution >= 0.6 is 0 Å². The van der Waals surface area contributed by atoms with Crippen molar-refractivity contribution >= 4 is 0 Å². The Kier molecular flexibility index (Phi) is 3.36. The van der Waals surface area contributed by atoms with Crippen molar-refractivity contribution in [1.82, 2.24) is 15.2 Å². The molecule has 4 nitrogen and oxygen atoms in total. The van der Waals surface area contributed by atoms with Gasteiger partial charge in [-0.1, -0.05) is 24.3 Å². The number of nitrogens with zero attached hydrogens (tertiary/aromatic N) is 2. The van der Waals surface area contributed by atoms with Crippen LogP contribution in [0.5, 0.6) is 0 Å². The zero-order valence-corrected chi connectivity index (χ0v) is 11.2. The largest absolute Gasteiger partial charge is 0.271 e. The van der Waals surface area contributed by atoms with Gasteiger partial charge in [0.25, 0.3) is 0 Å². The highest BCUT2D eigenvalue weighted by molar-refractivity contribution is 5.37. The third-order valence-corrected chi connectivity index (χ3v) is 4.13. The molecule has 0 fully saturated rings. The molecule has 19 heavy (non-hydrogen) atoms. The summed E-state index contributed by atoms with van der Waals surface area (Å²) in [4.78, 5) is 0. The first kappa shape index (κ1) is 12.4. The Bertz CT molecular complexity index is 561. The fourth-order valence-electron chi connectivity index (χ4n) is 3.22. The summed E-state index contributed by atoms with van der Waals surface area (Å²) in [6.07, 6.45) is 4.13. The van der Waals surface area contributed by atoms with Gasteiger partial charge in [0.15, 0.2) is 0 Å². The normalized spacial score (nSPS) is 19.4. The molecule has 1 aromatic heterocycles. The summed E-state index contributed by atoms with van der Waals surface area (Å²) in [5.74, 6) is 6.27. The number of hydrogen-bond donors (Lipinski definition) is 2. The Balaban J connectivity index is 1.97. The highest BCUT2D eigenvalue weighted by Crippen LogP contribution is 2.41. The molecule has 4 heteroatoms. The lowest BCUT2D eigenvalue weighted by atomic mass is 9.91. The molecule has 2 atom stereocenters. The molecule has 3 N–H and O–H groups in total. The van der Waals surface area contributed by atoms with Crippen LogP contribution in [0.3, 0.4) is 0 Å². The minimum atomic E-state index is 0.131. The van der Waals surface area contributed by atoms with Crippen LogP contribution < -0.4 is 11.3 Å². The molecule has 1 aliphatic rings. The predicted molar refractivity (Wildman–Crippen MR) is 75.5 cm³/mol. The molecule has 0 aliphatic heterocycles. The van der Waals surface area contributed by atoms with Gasteiger partial charge in [-0.3, -0.25) is 16.0 Å². The van der Waals surface area contributed by atoms with E-state index in [1.807, 2.05) is 10.9 Å². The van der Waals surface area contributed by atoms with Crippen LogP contribution in [-0.4, -0.2) is 9.78 Å². The molecule has 0 radical (unpaired) electrons. The lowest BCUT2D eigenvalue weighted by Gasteiger charge is -2.24. The van der Waals surface area contributed by atoms with Gasteiger partial charge in [0.2, 0.25) is 0 Å². The van der Waals surface area contributed by atoms with E-state index in [0.29, 0.717) is 5.92 Å². The van der Waals surface area contributed by atoms with E-state index in [2.05, 4.69) is 47.8 Å². The van der Waals surface area contributed by atoms with Crippen molar-refractivity contribution in [3.8, 4) is 0 Å². The van der Waals surface area contributed by atoms with Crippen LogP contribution in [-0.2, 0) is 13.0 Å². The molecule has 1 aliphatic carbocycles. The average Bonchev–Trinajstić information content (AvgIpc) is 3.07. The van der Waals surface area contributed by atoms with Gasteiger partial charge in [-0.15, -0.1) is 0 Å². The second-order valence-corrected chi connectivity index (χ2v) is 5.06. The number of hydrazine groups is 1. The zero-order chi connectivity index (χ0) is 13.2. The van der Waals surface area contributed by atoms with Gasteiger partial charge >= 0.3 is 0 Å². The van der Waals surface area contributed by atoms with Gasteiger partial charge in [-0.25, -0.2) is 0 Å². The number of aryl methyl sites for hydroxylation is 2. The summed E-state index contributed by atoms with van der Waals surface area (Å²) < 4.78 is 2.02. The number of rotatable bonds is 4. The number of nitrogens with one attached hydrogen (secondary N) is 1. The third kappa shape index (κ3) is 2.07. The minimum Gasteiger partial charge on any atom is -0.271 e. The van der Waals surface area contributed by atoms with E-state index in [1.165, 1.54) is 16.8 Å². The molecular formula is C15H20N4. The summed E-state index contributed by atoms with van der Waals surface area (Å²) in [6, 6.07) is 10.9. The fourth-order valence-corrected chi connectivity index (χ4v) is 3.22. The number of nitrogens with two attached hydrogens (primary N) is 1. The third-order valence-electron chi connectivity index (χ3n) is 4.13. The smallest absolute Gasteiger partial charge is 0.0697 e. The molecule has 100 valence electrons. The van der Waals surface area contributed by atoms with Gasteiger partial charge in [0.05, 0.1) is 11.7 Å². The Morgan fingerprint density at radius 1 is 1.42 bits per heavy atom. The van der Waals surface area contributed by atoms with Crippen molar-refractivity contribution in [1.29, 1.82) is 0 Å². The molecule has 0 saturated carbocycles. The first-order chi connectivity index (χ1) is 9.35. The van der Waals surface area contributed by atoms with E-state index in [9.17, 15) is 0 Å². The molecular weight excluding hydrogens is 236 g/mol. The van der Waals surface area contributed by atoms with Gasteiger partial charge in [-0.05, 0) is 37.0 Å². The van der Waals surface area contributed by atoms with Crippen LogP contribution in [0.15, 0.2) is 36.5 Å². The Morgan fingerprint density at radius 3 is 3.05 bits per heavy atom. The summed E-state index contributed by atoms with van der Waals surface area (Å²) in [6.45, 7) is 2.97. The van der Waals surface area contributed by atoms with E-state index in [0.717, 1.165) is 19.4 Å². The quantitative estimate of drug-likeness (QED) is 0.651. The highest BCUT2D eigenvalue weighted by Gasteiger charge is 2.31. The second kappa shape index (κ2) is 5.15. The van der Waals surface area contributed by atoms with Gasteiger partial charge in [0, 0.05) is 18.7 Å². The first-order valence-electron chi connectivity index (χ1n) is 6.90. The van der Waals surface area contributed by atoms with Gasteiger partial charge < -0.3 is 0 Å². The van der Waals surface area contributed by atoms with Crippen LogP contribution in [0.25, 0.3) is 0 Å². The van der Waals surface area contributed by atoms with E-state index in [-0.39, 0.29) is 6.04 Å². The minimum absolute atomic E-state index is 0.131. The molecule has 0 saturated heterocycles. The monoisotopic (exact) mass is 256 g/mol. The predicted octanol–water partition coefficient (Wildman–Crippen LogP) is 2.14. The van der Waals surface area contributed by atoms with Crippen LogP contribution in [0, 0.1) is 0 Å². The van der Waals surface area contributed by atoms with Crippen LogP contribution in [0.2, 0.25) is 0 Å². The molecule has 1 aromatic carbocycles. The molecule has 1 heterocycles. The lowest BCUT2D eigenvalue weighted by Crippen LogP contribution is -2.33. The van der Waals surface area contributed by atoms with Crippen molar-refractivity contribution in [2.75, 3.05) is 0 Å². The standard InChI is InChI=1S/C15H20N4/c1-2-19-14(9-10-17-19)15(18-16)13-8-7-11-5-3-4-6-12(11)13/h3-6,9-10,13,15,18H,2,7-8,16H2,1H3. The van der Waals surface area contributed by atoms with Crippen LogP contribution in [0.1, 0.15) is 42.1 Å². The number of aromatic nitrogens is 2. The van der Waals surface area contributed by atoms with Crippen molar-refractivity contribution in [2.24, 2.45) is 5.84 Å². The van der Waals surface area contributed by atoms with E-state index in [4.69, 9.17) is 5.84 Å². The maximum atomic E-state index is 5.83. The van der Waals surface area contributed by atoms with Crippen LogP contribution in [0.4, 0.5) is 0 Å². The van der Waals surface area contributed by atoms with E-state index in [1.54, 1.807) is 0 Å². The molecule has 0 amide bonds. The van der Waals surface area contributed by atoms with Crippen molar-refractivity contribution in [2.45, 2.75) is 38.3 Å². The first-order valence-corrected chi connectivity index (χ1v) is 6.90. The maximum Gasteiger partial charge on any atom is 0.0697 e. The molecule has 2 unspecified atom stereocenters. The zero-order valence-electron chi connectivity index (χ0n) is 11.2. The molecule has 3 rings (SSSR count). The van der Waals surface area contributed by atoms with Gasteiger partial charge in [0.1, 0.15) is 0 Å². The summed E-state index contributed by atoms with van der Waals surface area (Å²) in [5, 5.41) is 4.35. The number of benzene rings is 1. The molecule has 2 aromatic rings. The summed E-state index contributed by atoms with van der Waals surface area (Å²) >= 11 is 0. The van der Waals surface area contributed by atoms with Gasteiger partial charge in [-0.2, -0.15) is 5.10 Å². The number of fused-ring (bicyclic) bond motifs is 1. The van der Waals surface area contributed by atoms with Crippen molar-refractivity contribution in [3.63, 3.8) is 0 Å². The summed E-state index contributed by atoms with van der Waals surface area (Å²) in [7, 11) is 0. The molecule has 0 bridgehead atoms. The highest BCUT2D eigenvalue weighted by atomic mass is 15.3. The average molecular weight is 256 g/mol. The second-order valence-electron chi connectivity index (χ2n) is 5.06. The summed E-state index contributed by atoms with van der Waals surface area (Å²) in [5.41, 5.74) is 7.05. The number of hydrogen-bond acceptors (Lipinski definition) is 3. The Hall–Kier alpha value is -1.65. The van der Waals surface area contributed by atoms with E-state index < -0.39 is 0 Å². The lowest BCUT2D eigenvalue weighted by molar-refractivity contribution is 0.418. The molecule has 0 spiro atoms.